The van der Waals surface area contributed by atoms with Crippen molar-refractivity contribution in [3.05, 3.63) is 0 Å². The fourth-order valence-electron chi connectivity index (χ4n) is 3.22. The Labute approximate surface area is 105 Å². The van der Waals surface area contributed by atoms with Crippen LogP contribution in [0.3, 0.4) is 0 Å². The zero-order valence-electron chi connectivity index (χ0n) is 11.2. The molecule has 1 heterocycles. The number of hydrogen-bond acceptors (Lipinski definition) is 2. The standard InChI is InChI=1S/C14H26N2O/c1-3-6-13-14(17)16(10-15-13)9-12-8-5-4-7-11(12)2/h11-13,15H,3-10H2,1-2H3. The molecule has 1 aliphatic heterocycles. The molecule has 0 aromatic carbocycles. The third-order valence-electron chi connectivity index (χ3n) is 4.46. The Morgan fingerprint density at radius 3 is 2.82 bits per heavy atom. The summed E-state index contributed by atoms with van der Waals surface area (Å²) >= 11 is 0. The first-order chi connectivity index (χ1) is 8.22. The molecule has 1 saturated heterocycles. The van der Waals surface area contributed by atoms with Gasteiger partial charge in [0.1, 0.15) is 0 Å². The van der Waals surface area contributed by atoms with Gasteiger partial charge in [0.2, 0.25) is 5.91 Å². The minimum atomic E-state index is 0.0962. The monoisotopic (exact) mass is 238 g/mol. The van der Waals surface area contributed by atoms with Crippen LogP contribution in [-0.2, 0) is 4.79 Å². The van der Waals surface area contributed by atoms with E-state index in [1.165, 1.54) is 25.7 Å². The molecule has 0 bridgehead atoms. The highest BCUT2D eigenvalue weighted by Gasteiger charge is 2.33. The molecule has 0 spiro atoms. The molecule has 17 heavy (non-hydrogen) atoms. The van der Waals surface area contributed by atoms with E-state index in [0.717, 1.165) is 37.9 Å². The smallest absolute Gasteiger partial charge is 0.240 e. The molecule has 1 aliphatic carbocycles. The summed E-state index contributed by atoms with van der Waals surface area (Å²) in [7, 11) is 0. The zero-order valence-corrected chi connectivity index (χ0v) is 11.2. The summed E-state index contributed by atoms with van der Waals surface area (Å²) < 4.78 is 0. The summed E-state index contributed by atoms with van der Waals surface area (Å²) in [6.45, 7) is 6.24. The third-order valence-corrected chi connectivity index (χ3v) is 4.46. The first kappa shape index (κ1) is 12.9. The molecule has 2 rings (SSSR count). The largest absolute Gasteiger partial charge is 0.328 e. The molecule has 2 fully saturated rings. The predicted octanol–water partition coefficient (Wildman–Crippen LogP) is 2.37. The molecule has 3 unspecified atom stereocenters. The fraction of sp³-hybridized carbons (Fsp3) is 0.929. The lowest BCUT2D eigenvalue weighted by atomic mass is 9.80. The lowest BCUT2D eigenvalue weighted by Crippen LogP contribution is -2.36. The Bertz CT molecular complexity index is 267. The van der Waals surface area contributed by atoms with Gasteiger partial charge >= 0.3 is 0 Å². The highest BCUT2D eigenvalue weighted by molar-refractivity contribution is 5.83. The highest BCUT2D eigenvalue weighted by atomic mass is 16.2. The highest BCUT2D eigenvalue weighted by Crippen LogP contribution is 2.30. The molecule has 2 aliphatic rings. The van der Waals surface area contributed by atoms with Gasteiger partial charge in [-0.05, 0) is 24.7 Å². The van der Waals surface area contributed by atoms with Crippen molar-refractivity contribution >= 4 is 5.91 Å². The Hall–Kier alpha value is -0.570. The summed E-state index contributed by atoms with van der Waals surface area (Å²) in [5.74, 6) is 1.86. The van der Waals surface area contributed by atoms with E-state index in [1.54, 1.807) is 0 Å². The zero-order chi connectivity index (χ0) is 12.3. The molecule has 0 aromatic heterocycles. The van der Waals surface area contributed by atoms with Crippen LogP contribution < -0.4 is 5.32 Å². The molecule has 1 saturated carbocycles. The molecule has 3 nitrogen and oxygen atoms in total. The van der Waals surface area contributed by atoms with Gasteiger partial charge in [-0.15, -0.1) is 0 Å². The van der Waals surface area contributed by atoms with Crippen molar-refractivity contribution in [2.24, 2.45) is 11.8 Å². The van der Waals surface area contributed by atoms with Gasteiger partial charge in [0.25, 0.3) is 0 Å². The Morgan fingerprint density at radius 1 is 1.35 bits per heavy atom. The first-order valence-electron chi connectivity index (χ1n) is 7.24. The third kappa shape index (κ3) is 3.01. The number of hydrogen-bond donors (Lipinski definition) is 1. The van der Waals surface area contributed by atoms with E-state index in [2.05, 4.69) is 19.2 Å². The Balaban J connectivity index is 1.85. The van der Waals surface area contributed by atoms with Crippen LogP contribution in [0.1, 0.15) is 52.4 Å². The topological polar surface area (TPSA) is 32.3 Å². The normalized spacial score (nSPS) is 34.4. The van der Waals surface area contributed by atoms with E-state index >= 15 is 0 Å². The van der Waals surface area contributed by atoms with Crippen LogP contribution in [-0.4, -0.2) is 30.1 Å². The van der Waals surface area contributed by atoms with Crippen LogP contribution in [0, 0.1) is 11.8 Å². The Morgan fingerprint density at radius 2 is 2.12 bits per heavy atom. The Kier molecular flexibility index (Phi) is 4.43. The van der Waals surface area contributed by atoms with E-state index < -0.39 is 0 Å². The molecular weight excluding hydrogens is 212 g/mol. The van der Waals surface area contributed by atoms with Gasteiger partial charge in [0.05, 0.1) is 12.7 Å². The van der Waals surface area contributed by atoms with E-state index in [-0.39, 0.29) is 6.04 Å². The van der Waals surface area contributed by atoms with Gasteiger partial charge in [0.15, 0.2) is 0 Å². The van der Waals surface area contributed by atoms with Gasteiger partial charge in [-0.3, -0.25) is 10.1 Å². The summed E-state index contributed by atoms with van der Waals surface area (Å²) in [5.41, 5.74) is 0. The maximum absolute atomic E-state index is 12.1. The molecule has 0 radical (unpaired) electrons. The summed E-state index contributed by atoms with van der Waals surface area (Å²) in [6, 6.07) is 0.0962. The maximum atomic E-state index is 12.1. The summed E-state index contributed by atoms with van der Waals surface area (Å²) in [4.78, 5) is 14.2. The number of nitrogens with one attached hydrogen (secondary N) is 1. The van der Waals surface area contributed by atoms with E-state index in [4.69, 9.17) is 0 Å². The maximum Gasteiger partial charge on any atom is 0.240 e. The molecular formula is C14H26N2O. The number of carbonyl (C=O) groups is 1. The van der Waals surface area contributed by atoms with Crippen molar-refractivity contribution in [3.8, 4) is 0 Å². The van der Waals surface area contributed by atoms with Crippen molar-refractivity contribution in [2.45, 2.75) is 58.4 Å². The van der Waals surface area contributed by atoms with Crippen LogP contribution in [0.4, 0.5) is 0 Å². The van der Waals surface area contributed by atoms with Crippen molar-refractivity contribution in [1.29, 1.82) is 0 Å². The van der Waals surface area contributed by atoms with Crippen LogP contribution in [0.15, 0.2) is 0 Å². The van der Waals surface area contributed by atoms with Crippen molar-refractivity contribution in [1.82, 2.24) is 10.2 Å². The summed E-state index contributed by atoms with van der Waals surface area (Å²) in [6.07, 6.45) is 7.44. The quantitative estimate of drug-likeness (QED) is 0.815. The second-order valence-electron chi connectivity index (χ2n) is 5.79. The molecule has 1 N–H and O–H groups in total. The number of carbonyl (C=O) groups excluding carboxylic acids is 1. The number of nitrogens with zero attached hydrogens (tertiary/aromatic N) is 1. The fourth-order valence-corrected chi connectivity index (χ4v) is 3.22. The second-order valence-corrected chi connectivity index (χ2v) is 5.79. The van der Waals surface area contributed by atoms with Gasteiger partial charge in [0, 0.05) is 6.54 Å². The van der Waals surface area contributed by atoms with Crippen molar-refractivity contribution in [3.63, 3.8) is 0 Å². The first-order valence-corrected chi connectivity index (χ1v) is 7.24. The minimum Gasteiger partial charge on any atom is -0.328 e. The number of rotatable bonds is 4. The van der Waals surface area contributed by atoms with Gasteiger partial charge < -0.3 is 4.90 Å². The van der Waals surface area contributed by atoms with E-state index in [1.807, 2.05) is 4.90 Å². The predicted molar refractivity (Wildman–Crippen MR) is 69.5 cm³/mol. The SMILES string of the molecule is CCCC1NCN(CC2CCCCC2C)C1=O. The van der Waals surface area contributed by atoms with Crippen LogP contribution in [0.2, 0.25) is 0 Å². The molecule has 1 amide bonds. The van der Waals surface area contributed by atoms with E-state index in [9.17, 15) is 4.79 Å². The van der Waals surface area contributed by atoms with Crippen LogP contribution in [0.25, 0.3) is 0 Å². The second kappa shape index (κ2) is 5.85. The van der Waals surface area contributed by atoms with Gasteiger partial charge in [-0.1, -0.05) is 39.5 Å². The van der Waals surface area contributed by atoms with Crippen LogP contribution in [0.5, 0.6) is 0 Å². The van der Waals surface area contributed by atoms with Crippen LogP contribution >= 0.6 is 0 Å². The minimum absolute atomic E-state index is 0.0962. The molecule has 0 aromatic rings. The average Bonchev–Trinajstić information content (AvgIpc) is 2.65. The molecule has 3 heteroatoms. The van der Waals surface area contributed by atoms with Gasteiger partial charge in [-0.2, -0.15) is 0 Å². The van der Waals surface area contributed by atoms with Crippen molar-refractivity contribution in [2.75, 3.05) is 13.2 Å². The van der Waals surface area contributed by atoms with Crippen molar-refractivity contribution < 1.29 is 4.79 Å². The van der Waals surface area contributed by atoms with Gasteiger partial charge in [-0.25, -0.2) is 0 Å². The molecule has 3 atom stereocenters. The molecule has 98 valence electrons. The lowest BCUT2D eigenvalue weighted by molar-refractivity contribution is -0.129. The van der Waals surface area contributed by atoms with E-state index in [0.29, 0.717) is 5.91 Å². The number of amides is 1. The average molecular weight is 238 g/mol. The summed E-state index contributed by atoms with van der Waals surface area (Å²) in [5, 5.41) is 3.34. The lowest BCUT2D eigenvalue weighted by Gasteiger charge is -2.31.